The van der Waals surface area contributed by atoms with Gasteiger partial charge in [0.1, 0.15) is 0 Å². The van der Waals surface area contributed by atoms with Gasteiger partial charge < -0.3 is 14.7 Å². The fraction of sp³-hybridized carbons (Fsp3) is 0.500. The van der Waals surface area contributed by atoms with Crippen LogP contribution in [-0.2, 0) is 14.3 Å². The summed E-state index contributed by atoms with van der Waals surface area (Å²) in [6, 6.07) is 14.9. The van der Waals surface area contributed by atoms with Crippen molar-refractivity contribution in [3.63, 3.8) is 0 Å². The van der Waals surface area contributed by atoms with Gasteiger partial charge in [0.05, 0.1) is 30.0 Å². The monoisotopic (exact) mass is 517 g/mol. The number of halogens is 2. The van der Waals surface area contributed by atoms with E-state index in [4.69, 9.17) is 27.9 Å². The summed E-state index contributed by atoms with van der Waals surface area (Å²) in [5.74, 6) is -1.24. The molecule has 1 amide bonds. The van der Waals surface area contributed by atoms with Crippen LogP contribution in [0, 0.1) is 5.41 Å². The number of carboxylic acid groups (broad SMARTS) is 1. The minimum absolute atomic E-state index is 0.0836. The molecule has 7 heteroatoms. The third-order valence-corrected chi connectivity index (χ3v) is 8.04. The fourth-order valence-corrected chi connectivity index (χ4v) is 6.28. The van der Waals surface area contributed by atoms with Crippen LogP contribution in [0.5, 0.6) is 0 Å². The van der Waals surface area contributed by atoms with Gasteiger partial charge in [-0.1, -0.05) is 61.3 Å². The molecule has 5 atom stereocenters. The van der Waals surface area contributed by atoms with Gasteiger partial charge in [-0.15, -0.1) is 0 Å². The van der Waals surface area contributed by atoms with Crippen molar-refractivity contribution in [2.24, 2.45) is 5.41 Å². The Balaban J connectivity index is 1.89. The van der Waals surface area contributed by atoms with Crippen LogP contribution in [0.1, 0.15) is 75.5 Å². The molecule has 4 rings (SSSR count). The van der Waals surface area contributed by atoms with Gasteiger partial charge in [0, 0.05) is 22.6 Å². The normalized spacial score (nSPS) is 28.1. The third-order valence-electron chi connectivity index (χ3n) is 7.55. The molecule has 2 aromatic carbocycles. The van der Waals surface area contributed by atoms with E-state index < -0.39 is 11.4 Å². The van der Waals surface area contributed by atoms with Crippen molar-refractivity contribution in [2.75, 3.05) is 6.61 Å². The highest BCUT2D eigenvalue weighted by atomic mass is 35.5. The van der Waals surface area contributed by atoms with Gasteiger partial charge in [-0.2, -0.15) is 0 Å². The molecule has 2 aromatic rings. The Kier molecular flexibility index (Phi) is 8.09. The highest BCUT2D eigenvalue weighted by molar-refractivity contribution is 6.30. The van der Waals surface area contributed by atoms with Crippen molar-refractivity contribution in [3.05, 3.63) is 69.7 Å². The number of carbonyl (C=O) groups excluding carboxylic acids is 1. The van der Waals surface area contributed by atoms with Crippen molar-refractivity contribution in [3.8, 4) is 0 Å². The smallest absolute Gasteiger partial charge is 0.304 e. The first kappa shape index (κ1) is 26.0. The molecule has 5 nitrogen and oxygen atoms in total. The van der Waals surface area contributed by atoms with Gasteiger partial charge in [0.15, 0.2) is 0 Å². The molecule has 2 saturated heterocycles. The van der Waals surface area contributed by atoms with E-state index in [2.05, 4.69) is 6.92 Å². The summed E-state index contributed by atoms with van der Waals surface area (Å²) in [6.45, 7) is 4.55. The standard InChI is InChI=1S/C28H33Cl2NO4/c1-3-23(24-9-4-5-14-35-24)31-26(18-10-12-20(29)13-11-18)22(19-7-6-8-21(30)15-19)16-28(2,27(31)34)17-25(32)33/h6-8,10-13,15,22-24,26H,3-5,9,14,16-17H2,1-2H3,(H,32,33)/t22?,23-,24?,26?,28+/m0/s1. The maximum Gasteiger partial charge on any atom is 0.304 e. The minimum Gasteiger partial charge on any atom is -0.481 e. The lowest BCUT2D eigenvalue weighted by atomic mass is 9.66. The lowest BCUT2D eigenvalue weighted by Crippen LogP contribution is -2.59. The lowest BCUT2D eigenvalue weighted by Gasteiger charge is -2.53. The van der Waals surface area contributed by atoms with Crippen molar-refractivity contribution < 1.29 is 19.4 Å². The Morgan fingerprint density at radius 1 is 1.14 bits per heavy atom. The summed E-state index contributed by atoms with van der Waals surface area (Å²) < 4.78 is 6.19. The maximum absolute atomic E-state index is 14.3. The Hall–Kier alpha value is -2.08. The second kappa shape index (κ2) is 10.9. The topological polar surface area (TPSA) is 66.8 Å². The van der Waals surface area contributed by atoms with E-state index in [1.807, 2.05) is 53.4 Å². The number of likely N-dealkylation sites (tertiary alicyclic amines) is 1. The predicted molar refractivity (Wildman–Crippen MR) is 138 cm³/mol. The van der Waals surface area contributed by atoms with Crippen molar-refractivity contribution in [1.29, 1.82) is 0 Å². The van der Waals surface area contributed by atoms with Crippen LogP contribution in [0.2, 0.25) is 10.0 Å². The van der Waals surface area contributed by atoms with E-state index in [-0.39, 0.29) is 36.4 Å². The number of rotatable bonds is 7. The molecule has 0 aromatic heterocycles. The molecule has 1 N–H and O–H groups in total. The van der Waals surface area contributed by atoms with Gasteiger partial charge in [0.2, 0.25) is 5.91 Å². The zero-order valence-corrected chi connectivity index (χ0v) is 21.8. The SMILES string of the molecule is CC[C@@H](C1CCCCO1)N1C(=O)[C@@](C)(CC(=O)O)CC(c2cccc(Cl)c2)C1c1ccc(Cl)cc1. The molecular weight excluding hydrogens is 485 g/mol. The van der Waals surface area contributed by atoms with Crippen LogP contribution in [0.3, 0.4) is 0 Å². The quantitative estimate of drug-likeness (QED) is 0.434. The molecule has 2 fully saturated rings. The summed E-state index contributed by atoms with van der Waals surface area (Å²) in [6.07, 6.45) is 3.76. The number of benzene rings is 2. The lowest BCUT2D eigenvalue weighted by molar-refractivity contribution is -0.166. The number of carbonyl (C=O) groups is 2. The molecule has 3 unspecified atom stereocenters. The average Bonchev–Trinajstić information content (AvgIpc) is 2.83. The number of hydrogen-bond donors (Lipinski definition) is 1. The largest absolute Gasteiger partial charge is 0.481 e. The number of aliphatic carboxylic acids is 1. The van der Waals surface area contributed by atoms with Gasteiger partial charge >= 0.3 is 5.97 Å². The van der Waals surface area contributed by atoms with Crippen molar-refractivity contribution >= 4 is 35.1 Å². The van der Waals surface area contributed by atoms with E-state index in [0.29, 0.717) is 29.5 Å². The van der Waals surface area contributed by atoms with E-state index in [1.165, 1.54) is 0 Å². The van der Waals surface area contributed by atoms with E-state index in [1.54, 1.807) is 6.92 Å². The first-order valence-corrected chi connectivity index (χ1v) is 13.2. The van der Waals surface area contributed by atoms with Crippen LogP contribution >= 0.6 is 23.2 Å². The molecule has 0 saturated carbocycles. The Bertz CT molecular complexity index is 1050. The summed E-state index contributed by atoms with van der Waals surface area (Å²) in [5.41, 5.74) is 0.912. The molecule has 0 radical (unpaired) electrons. The van der Waals surface area contributed by atoms with Crippen LogP contribution < -0.4 is 0 Å². The predicted octanol–water partition coefficient (Wildman–Crippen LogP) is 6.88. The number of piperidine rings is 1. The van der Waals surface area contributed by atoms with E-state index in [9.17, 15) is 14.7 Å². The average molecular weight is 518 g/mol. The molecule has 2 aliphatic heterocycles. The minimum atomic E-state index is -1.05. The number of hydrogen-bond acceptors (Lipinski definition) is 3. The summed E-state index contributed by atoms with van der Waals surface area (Å²) in [7, 11) is 0. The zero-order valence-electron chi connectivity index (χ0n) is 20.3. The Labute approximate surface area is 217 Å². The first-order chi connectivity index (χ1) is 16.7. The summed E-state index contributed by atoms with van der Waals surface area (Å²) in [5, 5.41) is 11.0. The van der Waals surface area contributed by atoms with Gasteiger partial charge in [-0.25, -0.2) is 0 Å². The number of nitrogens with zero attached hydrogens (tertiary/aromatic N) is 1. The van der Waals surface area contributed by atoms with Crippen molar-refractivity contribution in [2.45, 2.75) is 76.5 Å². The molecule has 0 aliphatic carbocycles. The summed E-state index contributed by atoms with van der Waals surface area (Å²) in [4.78, 5) is 28.2. The zero-order chi connectivity index (χ0) is 25.2. The van der Waals surface area contributed by atoms with Gasteiger partial charge in [-0.3, -0.25) is 9.59 Å². The Morgan fingerprint density at radius 3 is 2.49 bits per heavy atom. The van der Waals surface area contributed by atoms with Crippen LogP contribution in [0.25, 0.3) is 0 Å². The number of ether oxygens (including phenoxy) is 1. The molecule has 2 aliphatic rings. The number of amides is 1. The molecule has 2 heterocycles. The van der Waals surface area contributed by atoms with Crippen LogP contribution in [0.15, 0.2) is 48.5 Å². The van der Waals surface area contributed by atoms with Gasteiger partial charge in [0.25, 0.3) is 0 Å². The summed E-state index contributed by atoms with van der Waals surface area (Å²) >= 11 is 12.6. The van der Waals surface area contributed by atoms with Gasteiger partial charge in [-0.05, 0) is 67.5 Å². The second-order valence-corrected chi connectivity index (χ2v) is 11.0. The highest BCUT2D eigenvalue weighted by Crippen LogP contribution is 2.52. The first-order valence-electron chi connectivity index (χ1n) is 12.4. The molecule has 35 heavy (non-hydrogen) atoms. The molecule has 0 spiro atoms. The number of carboxylic acids is 1. The van der Waals surface area contributed by atoms with E-state index >= 15 is 0 Å². The third kappa shape index (κ3) is 5.52. The van der Waals surface area contributed by atoms with Crippen LogP contribution in [-0.4, -0.2) is 40.6 Å². The highest BCUT2D eigenvalue weighted by Gasteiger charge is 2.53. The second-order valence-electron chi connectivity index (χ2n) is 10.1. The molecule has 0 bridgehead atoms. The molecular formula is C28H33Cl2NO4. The molecule has 188 valence electrons. The maximum atomic E-state index is 14.3. The Morgan fingerprint density at radius 2 is 1.89 bits per heavy atom. The van der Waals surface area contributed by atoms with Crippen molar-refractivity contribution in [1.82, 2.24) is 4.90 Å². The van der Waals surface area contributed by atoms with E-state index in [0.717, 1.165) is 30.4 Å². The van der Waals surface area contributed by atoms with Crippen LogP contribution in [0.4, 0.5) is 0 Å². The fourth-order valence-electron chi connectivity index (χ4n) is 5.95.